The number of phenolic OH excluding ortho intramolecular Hbond substituents is 1. The maximum absolute atomic E-state index is 12.4. The van der Waals surface area contributed by atoms with Crippen LogP contribution in [-0.2, 0) is 4.79 Å². The maximum Gasteiger partial charge on any atom is 0.238 e. The van der Waals surface area contributed by atoms with Gasteiger partial charge in [0, 0.05) is 31.9 Å². The van der Waals surface area contributed by atoms with Gasteiger partial charge in [-0.25, -0.2) is 0 Å². The molecule has 0 aliphatic carbocycles. The first-order valence-corrected chi connectivity index (χ1v) is 9.72. The number of carbonyl (C=O) groups excluding carboxylic acids is 1. The van der Waals surface area contributed by atoms with Gasteiger partial charge in [-0.05, 0) is 42.2 Å². The molecule has 1 atom stereocenters. The number of nitrogens with zero attached hydrogens (tertiary/aromatic N) is 2. The van der Waals surface area contributed by atoms with Crippen molar-refractivity contribution in [2.75, 3.05) is 42.9 Å². The Kier molecular flexibility index (Phi) is 6.35. The number of anilines is 2. The summed E-state index contributed by atoms with van der Waals surface area (Å²) in [5.74, 6) is 0.863. The molecule has 144 valence electrons. The fourth-order valence-electron chi connectivity index (χ4n) is 3.41. The summed E-state index contributed by atoms with van der Waals surface area (Å²) in [6, 6.07) is 15.5. The number of benzene rings is 2. The standard InChI is InChI=1S/C22H29N3O2/c1-3-17(2)18-8-10-19(11-9-18)23-22(27)16-24-12-14-25(15-13-24)20-6-4-5-7-21(20)26/h4-11,17,26H,3,12-16H2,1-2H3,(H,23,27)/t17-/m1/s1. The highest BCUT2D eigenvalue weighted by Crippen LogP contribution is 2.27. The summed E-state index contributed by atoms with van der Waals surface area (Å²) in [6.07, 6.45) is 1.11. The SMILES string of the molecule is CC[C@@H](C)c1ccc(NC(=O)CN2CCN(c3ccccc3O)CC2)cc1. The van der Waals surface area contributed by atoms with E-state index in [4.69, 9.17) is 0 Å². The van der Waals surface area contributed by atoms with Crippen molar-refractivity contribution in [3.05, 3.63) is 54.1 Å². The lowest BCUT2D eigenvalue weighted by Crippen LogP contribution is -2.48. The van der Waals surface area contributed by atoms with Gasteiger partial charge in [0.2, 0.25) is 5.91 Å². The lowest BCUT2D eigenvalue weighted by molar-refractivity contribution is -0.117. The molecule has 2 aromatic rings. The van der Waals surface area contributed by atoms with Gasteiger partial charge >= 0.3 is 0 Å². The summed E-state index contributed by atoms with van der Waals surface area (Å²) >= 11 is 0. The monoisotopic (exact) mass is 367 g/mol. The zero-order valence-electron chi connectivity index (χ0n) is 16.2. The molecule has 1 heterocycles. The molecule has 5 heteroatoms. The maximum atomic E-state index is 12.4. The Morgan fingerprint density at radius 3 is 2.37 bits per heavy atom. The lowest BCUT2D eigenvalue weighted by atomic mass is 9.99. The number of amides is 1. The van der Waals surface area contributed by atoms with E-state index in [0.717, 1.165) is 44.0 Å². The number of hydrogen-bond donors (Lipinski definition) is 2. The lowest BCUT2D eigenvalue weighted by Gasteiger charge is -2.35. The Morgan fingerprint density at radius 1 is 1.07 bits per heavy atom. The summed E-state index contributed by atoms with van der Waals surface area (Å²) < 4.78 is 0. The van der Waals surface area contributed by atoms with E-state index in [1.165, 1.54) is 5.56 Å². The minimum Gasteiger partial charge on any atom is -0.506 e. The summed E-state index contributed by atoms with van der Waals surface area (Å²) in [5.41, 5.74) is 3.01. The first-order chi connectivity index (χ1) is 13.1. The number of hydrogen-bond acceptors (Lipinski definition) is 4. The first kappa shape index (κ1) is 19.2. The number of rotatable bonds is 6. The summed E-state index contributed by atoms with van der Waals surface area (Å²) in [7, 11) is 0. The third kappa shape index (κ3) is 5.01. The van der Waals surface area contributed by atoms with Crippen molar-refractivity contribution < 1.29 is 9.90 Å². The van der Waals surface area contributed by atoms with E-state index in [0.29, 0.717) is 18.2 Å². The van der Waals surface area contributed by atoms with Crippen molar-refractivity contribution in [1.82, 2.24) is 4.90 Å². The molecule has 0 bridgehead atoms. The topological polar surface area (TPSA) is 55.8 Å². The minimum atomic E-state index is 0.0160. The summed E-state index contributed by atoms with van der Waals surface area (Å²) in [4.78, 5) is 16.7. The van der Waals surface area contributed by atoms with Crippen LogP contribution in [0.15, 0.2) is 48.5 Å². The number of phenols is 1. The smallest absolute Gasteiger partial charge is 0.238 e. The van der Waals surface area contributed by atoms with E-state index in [2.05, 4.69) is 41.1 Å². The average molecular weight is 367 g/mol. The van der Waals surface area contributed by atoms with Gasteiger partial charge in [0.1, 0.15) is 5.75 Å². The molecule has 2 aromatic carbocycles. The highest BCUT2D eigenvalue weighted by Gasteiger charge is 2.20. The predicted octanol–water partition coefficient (Wildman–Crippen LogP) is 3.67. The molecule has 0 saturated carbocycles. The molecule has 0 radical (unpaired) electrons. The second-order valence-corrected chi connectivity index (χ2v) is 7.23. The van der Waals surface area contributed by atoms with Gasteiger partial charge < -0.3 is 15.3 Å². The van der Waals surface area contributed by atoms with E-state index in [-0.39, 0.29) is 5.91 Å². The van der Waals surface area contributed by atoms with E-state index < -0.39 is 0 Å². The Morgan fingerprint density at radius 2 is 1.74 bits per heavy atom. The van der Waals surface area contributed by atoms with Crippen LogP contribution in [-0.4, -0.2) is 48.6 Å². The fourth-order valence-corrected chi connectivity index (χ4v) is 3.41. The summed E-state index contributed by atoms with van der Waals surface area (Å²) in [5, 5.41) is 13.0. The van der Waals surface area contributed by atoms with Gasteiger partial charge in [0.05, 0.1) is 12.2 Å². The molecule has 1 amide bonds. The highest BCUT2D eigenvalue weighted by atomic mass is 16.3. The zero-order chi connectivity index (χ0) is 19.2. The van der Waals surface area contributed by atoms with Gasteiger partial charge in [-0.2, -0.15) is 0 Å². The van der Waals surface area contributed by atoms with Gasteiger partial charge in [0.15, 0.2) is 0 Å². The van der Waals surface area contributed by atoms with Crippen molar-refractivity contribution in [2.24, 2.45) is 0 Å². The molecule has 1 aliphatic rings. The van der Waals surface area contributed by atoms with Crippen molar-refractivity contribution in [3.8, 4) is 5.75 Å². The van der Waals surface area contributed by atoms with Crippen LogP contribution in [0.4, 0.5) is 11.4 Å². The number of carbonyl (C=O) groups is 1. The van der Waals surface area contributed by atoms with Crippen LogP contribution in [0.3, 0.4) is 0 Å². The number of aromatic hydroxyl groups is 1. The van der Waals surface area contributed by atoms with Crippen LogP contribution in [0.1, 0.15) is 31.7 Å². The second-order valence-electron chi connectivity index (χ2n) is 7.23. The molecule has 0 unspecified atom stereocenters. The van der Waals surface area contributed by atoms with Crippen LogP contribution in [0.25, 0.3) is 0 Å². The predicted molar refractivity (Wildman–Crippen MR) is 111 cm³/mol. The zero-order valence-corrected chi connectivity index (χ0v) is 16.2. The molecule has 1 fully saturated rings. The van der Waals surface area contributed by atoms with Crippen molar-refractivity contribution in [2.45, 2.75) is 26.2 Å². The van der Waals surface area contributed by atoms with Gasteiger partial charge in [0.25, 0.3) is 0 Å². The molecule has 5 nitrogen and oxygen atoms in total. The Labute approximate surface area is 161 Å². The molecular formula is C22H29N3O2. The van der Waals surface area contributed by atoms with E-state index >= 15 is 0 Å². The van der Waals surface area contributed by atoms with Crippen LogP contribution in [0, 0.1) is 0 Å². The highest BCUT2D eigenvalue weighted by molar-refractivity contribution is 5.92. The molecular weight excluding hydrogens is 338 g/mol. The number of nitrogens with one attached hydrogen (secondary N) is 1. The van der Waals surface area contributed by atoms with Crippen LogP contribution in [0.2, 0.25) is 0 Å². The van der Waals surface area contributed by atoms with Crippen molar-refractivity contribution in [3.63, 3.8) is 0 Å². The molecule has 1 saturated heterocycles. The third-order valence-corrected chi connectivity index (χ3v) is 5.34. The van der Waals surface area contributed by atoms with Crippen molar-refractivity contribution in [1.29, 1.82) is 0 Å². The number of para-hydroxylation sites is 2. The Bertz CT molecular complexity index is 752. The van der Waals surface area contributed by atoms with Gasteiger partial charge in [-0.3, -0.25) is 9.69 Å². The minimum absolute atomic E-state index is 0.0160. The van der Waals surface area contributed by atoms with Gasteiger partial charge in [-0.1, -0.05) is 38.1 Å². The normalized spacial score (nSPS) is 16.1. The molecule has 0 spiro atoms. The second kappa shape index (κ2) is 8.91. The third-order valence-electron chi connectivity index (χ3n) is 5.34. The largest absolute Gasteiger partial charge is 0.506 e. The van der Waals surface area contributed by atoms with Crippen LogP contribution >= 0.6 is 0 Å². The molecule has 3 rings (SSSR count). The van der Waals surface area contributed by atoms with E-state index in [9.17, 15) is 9.90 Å². The van der Waals surface area contributed by atoms with Crippen LogP contribution < -0.4 is 10.2 Å². The Hall–Kier alpha value is -2.53. The first-order valence-electron chi connectivity index (χ1n) is 9.72. The average Bonchev–Trinajstić information content (AvgIpc) is 2.69. The van der Waals surface area contributed by atoms with E-state index in [1.807, 2.05) is 30.3 Å². The Balaban J connectivity index is 1.47. The molecule has 27 heavy (non-hydrogen) atoms. The molecule has 1 aliphatic heterocycles. The van der Waals surface area contributed by atoms with Gasteiger partial charge in [-0.15, -0.1) is 0 Å². The van der Waals surface area contributed by atoms with Crippen molar-refractivity contribution >= 4 is 17.3 Å². The molecule has 0 aromatic heterocycles. The molecule has 2 N–H and O–H groups in total. The summed E-state index contributed by atoms with van der Waals surface area (Å²) in [6.45, 7) is 7.98. The van der Waals surface area contributed by atoms with Crippen LogP contribution in [0.5, 0.6) is 5.75 Å². The fraction of sp³-hybridized carbons (Fsp3) is 0.409. The quantitative estimate of drug-likeness (QED) is 0.818. The number of piperazine rings is 1. The van der Waals surface area contributed by atoms with E-state index in [1.54, 1.807) is 6.07 Å².